The normalized spacial score (nSPS) is 17.1. The number of ether oxygens (including phenoxy) is 1. The molecule has 1 aliphatic carbocycles. The topological polar surface area (TPSA) is 26.3 Å². The molecule has 18 heavy (non-hydrogen) atoms. The highest BCUT2D eigenvalue weighted by atomic mass is 16.5. The minimum absolute atomic E-state index is 0.0666. The summed E-state index contributed by atoms with van der Waals surface area (Å²) in [7, 11) is 0. The van der Waals surface area contributed by atoms with Gasteiger partial charge in [-0.3, -0.25) is 4.79 Å². The average Bonchev–Trinajstić information content (AvgIpc) is 2.38. The van der Waals surface area contributed by atoms with E-state index in [1.165, 1.54) is 44.9 Å². The number of unbranched alkanes of at least 4 members (excludes halogenated alkanes) is 3. The zero-order valence-corrected chi connectivity index (χ0v) is 12.2. The Kier molecular flexibility index (Phi) is 8.11. The molecule has 0 aromatic carbocycles. The van der Waals surface area contributed by atoms with Crippen LogP contribution in [-0.4, -0.2) is 12.6 Å². The van der Waals surface area contributed by atoms with E-state index in [0.717, 1.165) is 25.2 Å². The number of esters is 1. The van der Waals surface area contributed by atoms with Gasteiger partial charge >= 0.3 is 5.97 Å². The van der Waals surface area contributed by atoms with Gasteiger partial charge in [0, 0.05) is 0 Å². The summed E-state index contributed by atoms with van der Waals surface area (Å²) in [5.74, 6) is 1.09. The van der Waals surface area contributed by atoms with Crippen molar-refractivity contribution in [1.82, 2.24) is 0 Å². The van der Waals surface area contributed by atoms with Gasteiger partial charge in [-0.1, -0.05) is 58.8 Å². The molecule has 0 spiro atoms. The molecule has 1 saturated carbocycles. The van der Waals surface area contributed by atoms with Crippen molar-refractivity contribution >= 4 is 5.97 Å². The van der Waals surface area contributed by atoms with Crippen LogP contribution in [0.5, 0.6) is 0 Å². The standard InChI is InChI=1S/C16H30O2/c1-14(2)10-6-3-4-9-13-18-16(17)15-11-7-5-8-12-15/h14-15H,3-13H2,1-2H3. The minimum Gasteiger partial charge on any atom is -0.465 e. The predicted molar refractivity (Wildman–Crippen MR) is 75.5 cm³/mol. The van der Waals surface area contributed by atoms with Crippen LogP contribution in [0.2, 0.25) is 0 Å². The van der Waals surface area contributed by atoms with Gasteiger partial charge in [-0.15, -0.1) is 0 Å². The highest BCUT2D eigenvalue weighted by Gasteiger charge is 2.21. The molecule has 0 amide bonds. The fourth-order valence-corrected chi connectivity index (χ4v) is 2.64. The van der Waals surface area contributed by atoms with Gasteiger partial charge in [0.2, 0.25) is 0 Å². The van der Waals surface area contributed by atoms with Crippen LogP contribution < -0.4 is 0 Å². The third kappa shape index (κ3) is 7.03. The summed E-state index contributed by atoms with van der Waals surface area (Å²) in [6.07, 6.45) is 11.9. The molecule has 0 bridgehead atoms. The van der Waals surface area contributed by atoms with E-state index in [4.69, 9.17) is 4.74 Å². The monoisotopic (exact) mass is 254 g/mol. The van der Waals surface area contributed by atoms with Crippen molar-refractivity contribution in [3.05, 3.63) is 0 Å². The zero-order chi connectivity index (χ0) is 13.2. The first-order valence-corrected chi connectivity index (χ1v) is 7.87. The van der Waals surface area contributed by atoms with Gasteiger partial charge in [-0.05, 0) is 25.2 Å². The maximum Gasteiger partial charge on any atom is 0.308 e. The van der Waals surface area contributed by atoms with E-state index in [1.54, 1.807) is 0 Å². The third-order valence-corrected chi connectivity index (χ3v) is 3.86. The molecule has 1 fully saturated rings. The SMILES string of the molecule is CC(C)CCCCCCOC(=O)C1CCCCC1. The van der Waals surface area contributed by atoms with Crippen molar-refractivity contribution in [2.24, 2.45) is 11.8 Å². The van der Waals surface area contributed by atoms with E-state index in [9.17, 15) is 4.79 Å². The quantitative estimate of drug-likeness (QED) is 0.463. The van der Waals surface area contributed by atoms with Crippen LogP contribution in [0, 0.1) is 11.8 Å². The summed E-state index contributed by atoms with van der Waals surface area (Å²) in [5, 5.41) is 0. The Hall–Kier alpha value is -0.530. The van der Waals surface area contributed by atoms with Gasteiger partial charge < -0.3 is 4.74 Å². The molecule has 106 valence electrons. The Morgan fingerprint density at radius 2 is 1.72 bits per heavy atom. The molecule has 0 aromatic rings. The summed E-state index contributed by atoms with van der Waals surface area (Å²) in [4.78, 5) is 11.8. The van der Waals surface area contributed by atoms with Crippen LogP contribution >= 0.6 is 0 Å². The molecule has 1 aliphatic rings. The second-order valence-electron chi connectivity index (χ2n) is 6.10. The zero-order valence-electron chi connectivity index (χ0n) is 12.2. The van der Waals surface area contributed by atoms with E-state index in [-0.39, 0.29) is 11.9 Å². The third-order valence-electron chi connectivity index (χ3n) is 3.86. The maximum atomic E-state index is 11.8. The summed E-state index contributed by atoms with van der Waals surface area (Å²) in [5.41, 5.74) is 0. The first kappa shape index (κ1) is 15.5. The summed E-state index contributed by atoms with van der Waals surface area (Å²) < 4.78 is 5.37. The molecule has 0 aromatic heterocycles. The van der Waals surface area contributed by atoms with E-state index in [2.05, 4.69) is 13.8 Å². The largest absolute Gasteiger partial charge is 0.465 e. The Labute approximate surface area is 112 Å². The lowest BCUT2D eigenvalue weighted by molar-refractivity contribution is -0.149. The molecule has 2 nitrogen and oxygen atoms in total. The van der Waals surface area contributed by atoms with Gasteiger partial charge in [-0.2, -0.15) is 0 Å². The Morgan fingerprint density at radius 1 is 1.06 bits per heavy atom. The molecule has 0 radical (unpaired) electrons. The Bertz CT molecular complexity index is 217. The fourth-order valence-electron chi connectivity index (χ4n) is 2.64. The number of carbonyl (C=O) groups excluding carboxylic acids is 1. The molecule has 0 saturated heterocycles. The first-order valence-electron chi connectivity index (χ1n) is 7.87. The van der Waals surface area contributed by atoms with Gasteiger partial charge in [0.05, 0.1) is 12.5 Å². The molecule has 2 heteroatoms. The van der Waals surface area contributed by atoms with Gasteiger partial charge in [0.15, 0.2) is 0 Å². The van der Waals surface area contributed by atoms with Crippen LogP contribution in [0.1, 0.15) is 78.1 Å². The summed E-state index contributed by atoms with van der Waals surface area (Å²) >= 11 is 0. The van der Waals surface area contributed by atoms with Crippen molar-refractivity contribution in [2.45, 2.75) is 78.1 Å². The molecule has 0 atom stereocenters. The molecule has 1 rings (SSSR count). The molecule has 0 aliphatic heterocycles. The first-order chi connectivity index (χ1) is 8.70. The van der Waals surface area contributed by atoms with Gasteiger partial charge in [0.25, 0.3) is 0 Å². The lowest BCUT2D eigenvalue weighted by Gasteiger charge is -2.19. The van der Waals surface area contributed by atoms with Crippen molar-refractivity contribution in [2.75, 3.05) is 6.61 Å². The van der Waals surface area contributed by atoms with E-state index >= 15 is 0 Å². The molecular weight excluding hydrogens is 224 g/mol. The number of hydrogen-bond acceptors (Lipinski definition) is 2. The van der Waals surface area contributed by atoms with E-state index < -0.39 is 0 Å². The maximum absolute atomic E-state index is 11.8. The minimum atomic E-state index is 0.0666. The van der Waals surface area contributed by atoms with Crippen molar-refractivity contribution < 1.29 is 9.53 Å². The van der Waals surface area contributed by atoms with Crippen LogP contribution in [0.3, 0.4) is 0 Å². The summed E-state index contributed by atoms with van der Waals surface area (Å²) in [6.45, 7) is 5.18. The molecule has 0 N–H and O–H groups in total. The van der Waals surface area contributed by atoms with Crippen molar-refractivity contribution in [3.63, 3.8) is 0 Å². The average molecular weight is 254 g/mol. The number of rotatable bonds is 8. The van der Waals surface area contributed by atoms with Crippen LogP contribution in [0.4, 0.5) is 0 Å². The predicted octanol–water partition coefficient (Wildman–Crippen LogP) is 4.72. The van der Waals surface area contributed by atoms with Crippen LogP contribution in [-0.2, 0) is 9.53 Å². The highest BCUT2D eigenvalue weighted by molar-refractivity contribution is 5.72. The van der Waals surface area contributed by atoms with Crippen LogP contribution in [0.15, 0.2) is 0 Å². The van der Waals surface area contributed by atoms with E-state index in [0.29, 0.717) is 6.61 Å². The molecular formula is C16H30O2. The highest BCUT2D eigenvalue weighted by Crippen LogP contribution is 2.24. The lowest BCUT2D eigenvalue weighted by atomic mass is 9.89. The van der Waals surface area contributed by atoms with Crippen LogP contribution in [0.25, 0.3) is 0 Å². The second-order valence-corrected chi connectivity index (χ2v) is 6.10. The molecule has 0 heterocycles. The number of hydrogen-bond donors (Lipinski definition) is 0. The lowest BCUT2D eigenvalue weighted by Crippen LogP contribution is -2.20. The Balaban J connectivity index is 1.92. The second kappa shape index (κ2) is 9.41. The molecule has 0 unspecified atom stereocenters. The number of carbonyl (C=O) groups is 1. The van der Waals surface area contributed by atoms with Crippen molar-refractivity contribution in [1.29, 1.82) is 0 Å². The van der Waals surface area contributed by atoms with Gasteiger partial charge in [-0.25, -0.2) is 0 Å². The van der Waals surface area contributed by atoms with Gasteiger partial charge in [0.1, 0.15) is 0 Å². The Morgan fingerprint density at radius 3 is 2.39 bits per heavy atom. The fraction of sp³-hybridized carbons (Fsp3) is 0.938. The summed E-state index contributed by atoms with van der Waals surface area (Å²) in [6, 6.07) is 0. The van der Waals surface area contributed by atoms with E-state index in [1.807, 2.05) is 0 Å². The smallest absolute Gasteiger partial charge is 0.308 e. The van der Waals surface area contributed by atoms with Crippen molar-refractivity contribution in [3.8, 4) is 0 Å².